The third kappa shape index (κ3) is 8.74. The zero-order valence-corrected chi connectivity index (χ0v) is 40.1. The van der Waals surface area contributed by atoms with Crippen molar-refractivity contribution in [2.45, 2.75) is 113 Å². The van der Waals surface area contributed by atoms with E-state index in [1.54, 1.807) is 48.5 Å². The fourth-order valence-electron chi connectivity index (χ4n) is 10.9. The van der Waals surface area contributed by atoms with Crippen LogP contribution in [0.3, 0.4) is 0 Å². The fourth-order valence-corrected chi connectivity index (χ4v) is 10.9. The van der Waals surface area contributed by atoms with E-state index in [1.165, 1.54) is 73.6 Å². The third-order valence-corrected chi connectivity index (χ3v) is 15.9. The SMILES string of the molecule is CC[C@@]1(c2ccc(C(=O)N3CCN(c4ncc(C5CC5)cc4C4CC4)CC3)cc2)NC(=O)NC1=O.CC[C@]1(c2ccc(C(=O)N3CCN(c4ncc(C5CC5)cc4C4CC4)CC3)cc2)NC(=O)NC1=O. The lowest BCUT2D eigenvalue weighted by atomic mass is 9.87. The van der Waals surface area contributed by atoms with Crippen LogP contribution in [0.1, 0.15) is 156 Å². The van der Waals surface area contributed by atoms with Crippen LogP contribution in [0.25, 0.3) is 0 Å². The summed E-state index contributed by atoms with van der Waals surface area (Å²) < 4.78 is 0. The Morgan fingerprint density at radius 3 is 1.14 bits per heavy atom. The Labute approximate surface area is 408 Å². The van der Waals surface area contributed by atoms with E-state index in [4.69, 9.17) is 9.97 Å². The van der Waals surface area contributed by atoms with Gasteiger partial charge in [0.15, 0.2) is 0 Å². The number of benzene rings is 2. The van der Waals surface area contributed by atoms with E-state index in [2.05, 4.69) is 55.6 Å². The van der Waals surface area contributed by atoms with Crippen LogP contribution in [0.2, 0.25) is 0 Å². The summed E-state index contributed by atoms with van der Waals surface area (Å²) in [6, 6.07) is 17.9. The molecule has 0 spiro atoms. The summed E-state index contributed by atoms with van der Waals surface area (Å²) in [4.78, 5) is 92.8. The number of hydrogen-bond acceptors (Lipinski definition) is 10. The van der Waals surface area contributed by atoms with Crippen LogP contribution < -0.4 is 31.1 Å². The van der Waals surface area contributed by atoms with E-state index in [0.717, 1.165) is 37.8 Å². The number of nitrogens with zero attached hydrogens (tertiary/aromatic N) is 6. The number of carbonyl (C=O) groups excluding carboxylic acids is 6. The maximum Gasteiger partial charge on any atom is 0.322 e. The second kappa shape index (κ2) is 18.2. The van der Waals surface area contributed by atoms with Gasteiger partial charge in [-0.3, -0.25) is 29.8 Å². The van der Waals surface area contributed by atoms with Crippen molar-refractivity contribution in [2.75, 3.05) is 62.2 Å². The minimum atomic E-state index is -1.08. The topological polar surface area (TPSA) is 189 Å². The molecule has 70 heavy (non-hydrogen) atoms. The van der Waals surface area contributed by atoms with Gasteiger partial charge in [0, 0.05) is 75.9 Å². The van der Waals surface area contributed by atoms with E-state index in [1.807, 2.05) is 23.6 Å². The molecule has 6 heterocycles. The molecule has 364 valence electrons. The van der Waals surface area contributed by atoms with Crippen molar-refractivity contribution in [3.63, 3.8) is 0 Å². The van der Waals surface area contributed by atoms with Crippen LogP contribution >= 0.6 is 0 Å². The van der Waals surface area contributed by atoms with Crippen molar-refractivity contribution in [1.82, 2.24) is 41.0 Å². The highest BCUT2D eigenvalue weighted by atomic mass is 16.2. The highest BCUT2D eigenvalue weighted by Gasteiger charge is 2.47. The molecule has 2 aromatic heterocycles. The molecule has 0 unspecified atom stereocenters. The highest BCUT2D eigenvalue weighted by Crippen LogP contribution is 2.49. The summed E-state index contributed by atoms with van der Waals surface area (Å²) >= 11 is 0. The molecule has 16 heteroatoms. The smallest absolute Gasteiger partial charge is 0.322 e. The van der Waals surface area contributed by atoms with Crippen LogP contribution in [0.4, 0.5) is 21.2 Å². The normalized spacial score (nSPS) is 24.4. The fraction of sp³-hybridized carbons (Fsp3) is 0.481. The first-order valence-corrected chi connectivity index (χ1v) is 25.5. The van der Waals surface area contributed by atoms with Gasteiger partial charge in [-0.25, -0.2) is 19.6 Å². The molecule has 4 N–H and O–H groups in total. The molecule has 8 aliphatic rings. The number of piperazine rings is 2. The van der Waals surface area contributed by atoms with E-state index in [9.17, 15) is 28.8 Å². The minimum absolute atomic E-state index is 0.0129. The molecule has 0 bridgehead atoms. The first-order valence-electron chi connectivity index (χ1n) is 25.5. The second-order valence-corrected chi connectivity index (χ2v) is 20.5. The van der Waals surface area contributed by atoms with Gasteiger partial charge in [-0.15, -0.1) is 0 Å². The molecule has 12 rings (SSSR count). The van der Waals surface area contributed by atoms with Gasteiger partial charge in [-0.1, -0.05) is 50.2 Å². The molecule has 8 amide bonds. The average Bonchev–Trinajstić information content (AvgIpc) is 4.16. The maximum atomic E-state index is 13.2. The number of pyridine rings is 2. The van der Waals surface area contributed by atoms with Gasteiger partial charge in [-0.05, 0) is 146 Å². The van der Waals surface area contributed by atoms with Gasteiger partial charge < -0.3 is 30.2 Å². The molecule has 4 saturated carbocycles. The quantitative estimate of drug-likeness (QED) is 0.114. The molecule has 4 aliphatic carbocycles. The number of carbonyl (C=O) groups is 6. The van der Waals surface area contributed by atoms with Crippen LogP contribution in [0.15, 0.2) is 73.1 Å². The first kappa shape index (κ1) is 45.6. The Bertz CT molecular complexity index is 2550. The number of nitrogens with one attached hydrogen (secondary N) is 4. The number of imide groups is 2. The van der Waals surface area contributed by atoms with Crippen molar-refractivity contribution in [3.8, 4) is 0 Å². The molecule has 4 aromatic rings. The lowest BCUT2D eigenvalue weighted by molar-refractivity contribution is -0.125. The molecule has 0 radical (unpaired) electrons. The summed E-state index contributed by atoms with van der Waals surface area (Å²) in [6.45, 7) is 9.37. The number of hydrogen-bond donors (Lipinski definition) is 4. The van der Waals surface area contributed by atoms with E-state index in [-0.39, 0.29) is 23.6 Å². The standard InChI is InChI=1S/2C27H31N5O3/c2*1-2-27(25(34)29-26(35)30-27)21-9-7-19(8-10-21)24(33)32-13-11-31(12-14-32)23-22(18-5-6-18)15-20(16-28-23)17-3-4-17/h2*7-10,15-18H,2-6,11-14H2,1H3,(H2,29,30,34,35)/t2*27-/m10/s1. The predicted octanol–water partition coefficient (Wildman–Crippen LogP) is 6.49. The monoisotopic (exact) mass is 946 g/mol. The molecule has 2 aromatic carbocycles. The van der Waals surface area contributed by atoms with Gasteiger partial charge in [-0.2, -0.15) is 0 Å². The van der Waals surface area contributed by atoms with Gasteiger partial charge >= 0.3 is 12.1 Å². The summed E-state index contributed by atoms with van der Waals surface area (Å²) in [5.41, 5.74) is 5.97. The number of anilines is 2. The number of rotatable bonds is 12. The molecular weight excluding hydrogens is 885 g/mol. The molecule has 4 saturated heterocycles. The van der Waals surface area contributed by atoms with Gasteiger partial charge in [0.2, 0.25) is 0 Å². The summed E-state index contributed by atoms with van der Waals surface area (Å²) in [5, 5.41) is 10.1. The van der Waals surface area contributed by atoms with E-state index in [0.29, 0.717) is 84.9 Å². The Balaban J connectivity index is 0.000000152. The highest BCUT2D eigenvalue weighted by molar-refractivity contribution is 6.08. The zero-order chi connectivity index (χ0) is 48.3. The Hall–Kier alpha value is -6.84. The first-order chi connectivity index (χ1) is 34.0. The molecule has 4 aliphatic heterocycles. The lowest BCUT2D eigenvalue weighted by Gasteiger charge is -2.36. The number of amides is 8. The Morgan fingerprint density at radius 1 is 0.514 bits per heavy atom. The Kier molecular flexibility index (Phi) is 11.8. The average molecular weight is 947 g/mol. The Morgan fingerprint density at radius 2 is 0.857 bits per heavy atom. The molecule has 16 nitrogen and oxygen atoms in total. The molecule has 8 fully saturated rings. The molecule has 2 atom stereocenters. The van der Waals surface area contributed by atoms with Crippen molar-refractivity contribution in [3.05, 3.63) is 118 Å². The number of aromatic nitrogens is 2. The van der Waals surface area contributed by atoms with Gasteiger partial charge in [0.25, 0.3) is 23.6 Å². The molecular formula is C54H62N10O6. The van der Waals surface area contributed by atoms with E-state index >= 15 is 0 Å². The van der Waals surface area contributed by atoms with Gasteiger partial charge in [0.1, 0.15) is 22.7 Å². The summed E-state index contributed by atoms with van der Waals surface area (Å²) in [7, 11) is 0. The minimum Gasteiger partial charge on any atom is -0.353 e. The summed E-state index contributed by atoms with van der Waals surface area (Å²) in [6.07, 6.45) is 15.1. The maximum absolute atomic E-state index is 13.2. The van der Waals surface area contributed by atoms with Crippen LogP contribution in [0.5, 0.6) is 0 Å². The van der Waals surface area contributed by atoms with Crippen LogP contribution in [-0.2, 0) is 20.7 Å². The number of urea groups is 2. The van der Waals surface area contributed by atoms with Crippen molar-refractivity contribution in [2.24, 2.45) is 0 Å². The van der Waals surface area contributed by atoms with Crippen LogP contribution in [-0.4, -0.2) is 108 Å². The zero-order valence-electron chi connectivity index (χ0n) is 40.1. The lowest BCUT2D eigenvalue weighted by Crippen LogP contribution is -2.49. The van der Waals surface area contributed by atoms with Crippen molar-refractivity contribution in [1.29, 1.82) is 0 Å². The van der Waals surface area contributed by atoms with Crippen molar-refractivity contribution >= 4 is 47.3 Å². The van der Waals surface area contributed by atoms with E-state index < -0.39 is 23.1 Å². The third-order valence-electron chi connectivity index (χ3n) is 15.9. The second-order valence-electron chi connectivity index (χ2n) is 20.5. The predicted molar refractivity (Wildman–Crippen MR) is 263 cm³/mol. The largest absolute Gasteiger partial charge is 0.353 e. The summed E-state index contributed by atoms with van der Waals surface area (Å²) in [5.74, 6) is 4.18. The van der Waals surface area contributed by atoms with Crippen molar-refractivity contribution < 1.29 is 28.8 Å². The van der Waals surface area contributed by atoms with Gasteiger partial charge in [0.05, 0.1) is 0 Å². The van der Waals surface area contributed by atoms with Crippen LogP contribution in [0, 0.1) is 0 Å².